The van der Waals surface area contributed by atoms with E-state index in [9.17, 15) is 13.2 Å². The van der Waals surface area contributed by atoms with Gasteiger partial charge in [-0.05, 0) is 42.2 Å². The summed E-state index contributed by atoms with van der Waals surface area (Å²) < 4.78 is 35.0. The van der Waals surface area contributed by atoms with Crippen LogP contribution in [0.4, 0.5) is 10.8 Å². The molecule has 0 spiro atoms. The molecule has 8 nitrogen and oxygen atoms in total. The largest absolute Gasteiger partial charge is 0.476 e. The number of aromatic nitrogens is 2. The van der Waals surface area contributed by atoms with Crippen molar-refractivity contribution >= 4 is 38.1 Å². The van der Waals surface area contributed by atoms with E-state index < -0.39 is 22.0 Å². The number of carbonyl (C=O) groups is 1. The quantitative estimate of drug-likeness (QED) is 0.358. The minimum absolute atomic E-state index is 0.146. The number of amides is 1. The first-order chi connectivity index (χ1) is 18.0. The monoisotopic (exact) mass is 548 g/mol. The van der Waals surface area contributed by atoms with Crippen LogP contribution in [-0.4, -0.2) is 37.2 Å². The molecule has 0 fully saturated rings. The van der Waals surface area contributed by atoms with E-state index in [1.54, 1.807) is 30.3 Å². The van der Waals surface area contributed by atoms with E-state index in [1.165, 1.54) is 15.6 Å². The smallest absolute Gasteiger partial charge is 0.269 e. The first-order valence-electron chi connectivity index (χ1n) is 12.1. The molecule has 1 N–H and O–H groups in total. The summed E-state index contributed by atoms with van der Waals surface area (Å²) in [7, 11) is -3.98. The van der Waals surface area contributed by atoms with Crippen LogP contribution in [0, 0.1) is 6.92 Å². The van der Waals surface area contributed by atoms with Gasteiger partial charge in [0.25, 0.3) is 15.9 Å². The molecule has 2 heterocycles. The molecule has 5 rings (SSSR count). The number of sulfonamides is 1. The standard InChI is InChI=1S/C28H28N4O4S2/c1-18-10-13-21(14-11-18)38(34,35)32-17-24(36-23-15-12-20(16-22(23)32)28(2,3)4)25(33)29-27-31-30-26(37-27)19-8-6-5-7-9-19/h5-16,24H,17H2,1-4H3,(H,29,31,33)/t24-/m0/s1. The molecule has 1 aliphatic heterocycles. The van der Waals surface area contributed by atoms with E-state index in [-0.39, 0.29) is 16.9 Å². The highest BCUT2D eigenvalue weighted by molar-refractivity contribution is 7.92. The van der Waals surface area contributed by atoms with Crippen molar-refractivity contribution in [2.24, 2.45) is 0 Å². The van der Waals surface area contributed by atoms with Crippen LogP contribution in [0.25, 0.3) is 10.6 Å². The molecule has 10 heteroatoms. The fourth-order valence-electron chi connectivity index (χ4n) is 4.08. The van der Waals surface area contributed by atoms with Crippen molar-refractivity contribution in [3.8, 4) is 16.3 Å². The summed E-state index contributed by atoms with van der Waals surface area (Å²) in [4.78, 5) is 13.4. The van der Waals surface area contributed by atoms with Crippen molar-refractivity contribution in [1.82, 2.24) is 10.2 Å². The summed E-state index contributed by atoms with van der Waals surface area (Å²) in [6.07, 6.45) is -1.09. The molecule has 0 bridgehead atoms. The number of fused-ring (bicyclic) bond motifs is 1. The average Bonchev–Trinajstić information content (AvgIpc) is 3.36. The van der Waals surface area contributed by atoms with Gasteiger partial charge in [-0.3, -0.25) is 14.4 Å². The van der Waals surface area contributed by atoms with Crippen molar-refractivity contribution in [3.05, 3.63) is 83.9 Å². The van der Waals surface area contributed by atoms with Gasteiger partial charge in [-0.15, -0.1) is 10.2 Å². The molecule has 3 aromatic carbocycles. The van der Waals surface area contributed by atoms with Gasteiger partial charge in [0, 0.05) is 5.56 Å². The Morgan fingerprint density at radius 1 is 1.03 bits per heavy atom. The van der Waals surface area contributed by atoms with E-state index in [1.807, 2.05) is 49.4 Å². The summed E-state index contributed by atoms with van der Waals surface area (Å²) in [5, 5.41) is 12.0. The lowest BCUT2D eigenvalue weighted by Gasteiger charge is -2.35. The average molecular weight is 549 g/mol. The molecule has 4 aromatic rings. The van der Waals surface area contributed by atoms with Crippen LogP contribution < -0.4 is 14.4 Å². The van der Waals surface area contributed by atoms with Crippen LogP contribution in [0.2, 0.25) is 0 Å². The lowest BCUT2D eigenvalue weighted by Crippen LogP contribution is -2.49. The summed E-state index contributed by atoms with van der Waals surface area (Å²) in [6.45, 7) is 7.87. The molecule has 0 aliphatic carbocycles. The van der Waals surface area contributed by atoms with Gasteiger partial charge in [-0.1, -0.05) is 86.2 Å². The third-order valence-corrected chi connectivity index (χ3v) is 8.95. The number of aryl methyl sites for hydroxylation is 1. The van der Waals surface area contributed by atoms with Crippen LogP contribution >= 0.6 is 11.3 Å². The van der Waals surface area contributed by atoms with Gasteiger partial charge in [0.2, 0.25) is 5.13 Å². The number of carbonyl (C=O) groups excluding carboxylic acids is 1. The number of benzene rings is 3. The molecule has 1 aliphatic rings. The maximum atomic E-state index is 13.8. The number of hydrogen-bond donors (Lipinski definition) is 1. The molecule has 0 unspecified atom stereocenters. The highest BCUT2D eigenvalue weighted by Gasteiger charge is 2.38. The third-order valence-electron chi connectivity index (χ3n) is 6.27. The Morgan fingerprint density at radius 2 is 1.74 bits per heavy atom. The molecule has 1 atom stereocenters. The van der Waals surface area contributed by atoms with Crippen LogP contribution in [0.5, 0.6) is 5.75 Å². The van der Waals surface area contributed by atoms with E-state index in [2.05, 4.69) is 36.3 Å². The topological polar surface area (TPSA) is 101 Å². The highest BCUT2D eigenvalue weighted by Crippen LogP contribution is 2.40. The van der Waals surface area contributed by atoms with Gasteiger partial charge in [0.1, 0.15) is 10.8 Å². The van der Waals surface area contributed by atoms with Gasteiger partial charge in [-0.25, -0.2) is 8.42 Å². The number of nitrogens with zero attached hydrogens (tertiary/aromatic N) is 3. The predicted octanol–water partition coefficient (Wildman–Crippen LogP) is 5.41. The Morgan fingerprint density at radius 3 is 2.42 bits per heavy atom. The summed E-state index contributed by atoms with van der Waals surface area (Å²) in [5.41, 5.74) is 2.99. The van der Waals surface area contributed by atoms with Crippen LogP contribution in [-0.2, 0) is 20.2 Å². The van der Waals surface area contributed by atoms with Gasteiger partial charge in [-0.2, -0.15) is 0 Å². The van der Waals surface area contributed by atoms with Gasteiger partial charge in [0.15, 0.2) is 6.10 Å². The molecule has 0 saturated carbocycles. The van der Waals surface area contributed by atoms with Gasteiger partial charge >= 0.3 is 0 Å². The van der Waals surface area contributed by atoms with Crippen LogP contribution in [0.3, 0.4) is 0 Å². The fraction of sp³-hybridized carbons (Fsp3) is 0.250. The number of hydrogen-bond acceptors (Lipinski definition) is 7. The maximum Gasteiger partial charge on any atom is 0.269 e. The van der Waals surface area contributed by atoms with Crippen molar-refractivity contribution in [2.75, 3.05) is 16.2 Å². The Balaban J connectivity index is 1.47. The molecular weight excluding hydrogens is 520 g/mol. The second kappa shape index (κ2) is 9.85. The number of ether oxygens (including phenoxy) is 1. The second-order valence-corrected chi connectivity index (χ2v) is 13.0. The van der Waals surface area contributed by atoms with E-state index in [4.69, 9.17) is 4.74 Å². The van der Waals surface area contributed by atoms with Crippen molar-refractivity contribution in [2.45, 2.75) is 44.1 Å². The molecule has 1 amide bonds. The Labute approximate surface area is 226 Å². The van der Waals surface area contributed by atoms with Crippen LogP contribution in [0.1, 0.15) is 31.9 Å². The third kappa shape index (κ3) is 5.14. The Bertz CT molecular complexity index is 1580. The van der Waals surface area contributed by atoms with Crippen LogP contribution in [0.15, 0.2) is 77.7 Å². The second-order valence-electron chi connectivity index (χ2n) is 10.2. The predicted molar refractivity (Wildman–Crippen MR) is 149 cm³/mol. The molecule has 196 valence electrons. The zero-order valence-electron chi connectivity index (χ0n) is 21.5. The normalized spacial score (nSPS) is 15.5. The van der Waals surface area contributed by atoms with Crippen molar-refractivity contribution in [1.29, 1.82) is 0 Å². The maximum absolute atomic E-state index is 13.8. The number of anilines is 2. The summed E-state index contributed by atoms with van der Waals surface area (Å²) in [5.74, 6) is -0.183. The molecule has 38 heavy (non-hydrogen) atoms. The Kier molecular flexibility index (Phi) is 6.70. The molecule has 0 radical (unpaired) electrons. The van der Waals surface area contributed by atoms with Crippen molar-refractivity contribution in [3.63, 3.8) is 0 Å². The highest BCUT2D eigenvalue weighted by atomic mass is 32.2. The Hall–Kier alpha value is -3.76. The van der Waals surface area contributed by atoms with Gasteiger partial charge < -0.3 is 4.74 Å². The first kappa shape index (κ1) is 25.9. The fourth-order valence-corrected chi connectivity index (χ4v) is 6.30. The SMILES string of the molecule is Cc1ccc(S(=O)(=O)N2C[C@@H](C(=O)Nc3nnc(-c4ccccc4)s3)Oc3ccc(C(C)(C)C)cc32)cc1. The minimum Gasteiger partial charge on any atom is -0.476 e. The zero-order chi connectivity index (χ0) is 27.1. The van der Waals surface area contributed by atoms with E-state index in [0.29, 0.717) is 21.6 Å². The minimum atomic E-state index is -3.98. The number of nitrogens with one attached hydrogen (secondary N) is 1. The molecular formula is C28H28N4O4S2. The summed E-state index contributed by atoms with van der Waals surface area (Å²) >= 11 is 1.23. The van der Waals surface area contributed by atoms with E-state index in [0.717, 1.165) is 16.7 Å². The molecule has 0 saturated heterocycles. The van der Waals surface area contributed by atoms with E-state index >= 15 is 0 Å². The van der Waals surface area contributed by atoms with Crippen molar-refractivity contribution < 1.29 is 17.9 Å². The van der Waals surface area contributed by atoms with Gasteiger partial charge in [0.05, 0.1) is 17.1 Å². The summed E-state index contributed by atoms with van der Waals surface area (Å²) in [6, 6.07) is 21.6. The lowest BCUT2D eigenvalue weighted by atomic mass is 9.86. The number of rotatable bonds is 5. The molecule has 1 aromatic heterocycles. The lowest BCUT2D eigenvalue weighted by molar-refractivity contribution is -0.122. The zero-order valence-corrected chi connectivity index (χ0v) is 23.1. The first-order valence-corrected chi connectivity index (χ1v) is 14.4.